The summed E-state index contributed by atoms with van der Waals surface area (Å²) in [5.41, 5.74) is 0. The van der Waals surface area contributed by atoms with Gasteiger partial charge in [-0.1, -0.05) is 6.92 Å². The Balaban J connectivity index is 2.50. The Hall–Kier alpha value is -0.960. The first kappa shape index (κ1) is 18.1. The first-order valence-corrected chi connectivity index (χ1v) is 8.78. The number of nitrogens with one attached hydrogen (secondary N) is 2. The van der Waals surface area contributed by atoms with Crippen LogP contribution in [-0.2, 0) is 16.6 Å². The lowest BCUT2D eigenvalue weighted by Crippen LogP contribution is -2.36. The average Bonchev–Trinajstić information content (AvgIpc) is 2.88. The zero-order valence-corrected chi connectivity index (χ0v) is 14.2. The van der Waals surface area contributed by atoms with Crippen LogP contribution in [0.3, 0.4) is 0 Å². The van der Waals surface area contributed by atoms with Gasteiger partial charge in [0.15, 0.2) is 0 Å². The summed E-state index contributed by atoms with van der Waals surface area (Å²) >= 11 is 0. The first-order valence-electron chi connectivity index (χ1n) is 7.30. The van der Waals surface area contributed by atoms with E-state index in [1.807, 2.05) is 14.0 Å². The van der Waals surface area contributed by atoms with Crippen LogP contribution in [0.4, 0.5) is 0 Å². The van der Waals surface area contributed by atoms with Gasteiger partial charge in [-0.15, -0.1) is 0 Å². The van der Waals surface area contributed by atoms with Crippen molar-refractivity contribution in [3.05, 3.63) is 12.4 Å². The van der Waals surface area contributed by atoms with E-state index in [0.717, 1.165) is 13.1 Å². The van der Waals surface area contributed by atoms with Crippen LogP contribution in [0, 0.1) is 0 Å². The fourth-order valence-electron chi connectivity index (χ4n) is 1.67. The lowest BCUT2D eigenvalue weighted by atomic mass is 10.3. The van der Waals surface area contributed by atoms with Gasteiger partial charge in [-0.2, -0.15) is 5.10 Å². The monoisotopic (exact) mass is 317 g/mol. The number of hydrogen-bond donors (Lipinski definition) is 2. The lowest BCUT2D eigenvalue weighted by molar-refractivity contribution is 0.278. The fourth-order valence-corrected chi connectivity index (χ4v) is 2.65. The summed E-state index contributed by atoms with van der Waals surface area (Å²) in [5.74, 6) is 0. The minimum Gasteiger partial charge on any atom is -0.315 e. The van der Waals surface area contributed by atoms with Crippen molar-refractivity contribution in [2.24, 2.45) is 0 Å². The molecule has 0 aliphatic rings. The molecule has 2 N–H and O–H groups in total. The van der Waals surface area contributed by atoms with E-state index in [1.54, 1.807) is 10.9 Å². The van der Waals surface area contributed by atoms with Crippen molar-refractivity contribution in [1.82, 2.24) is 24.7 Å². The fraction of sp³-hybridized carbons (Fsp3) is 0.769. The van der Waals surface area contributed by atoms with Crippen molar-refractivity contribution >= 4 is 10.0 Å². The normalized spacial score (nSPS) is 12.5. The van der Waals surface area contributed by atoms with Crippen molar-refractivity contribution in [3.63, 3.8) is 0 Å². The first-order chi connectivity index (χ1) is 9.86. The molecule has 1 aromatic heterocycles. The Kier molecular flexibility index (Phi) is 7.30. The highest BCUT2D eigenvalue weighted by molar-refractivity contribution is 7.89. The highest BCUT2D eigenvalue weighted by Crippen LogP contribution is 2.06. The molecule has 1 aromatic rings. The van der Waals surface area contributed by atoms with Gasteiger partial charge in [-0.05, 0) is 27.4 Å². The zero-order valence-electron chi connectivity index (χ0n) is 13.3. The van der Waals surface area contributed by atoms with Crippen molar-refractivity contribution in [2.45, 2.75) is 38.3 Å². The van der Waals surface area contributed by atoms with Gasteiger partial charge >= 0.3 is 0 Å². The van der Waals surface area contributed by atoms with Crippen LogP contribution < -0.4 is 10.0 Å². The zero-order chi connectivity index (χ0) is 15.9. The summed E-state index contributed by atoms with van der Waals surface area (Å²) in [5, 5.41) is 7.24. The molecule has 8 heteroatoms. The second-order valence-corrected chi connectivity index (χ2v) is 7.03. The van der Waals surface area contributed by atoms with Crippen molar-refractivity contribution < 1.29 is 8.42 Å². The Morgan fingerprint density at radius 1 is 1.38 bits per heavy atom. The molecule has 0 fully saturated rings. The Morgan fingerprint density at radius 2 is 2.10 bits per heavy atom. The van der Waals surface area contributed by atoms with E-state index in [1.165, 1.54) is 6.20 Å². The second-order valence-electron chi connectivity index (χ2n) is 5.26. The van der Waals surface area contributed by atoms with Gasteiger partial charge in [-0.25, -0.2) is 13.1 Å². The van der Waals surface area contributed by atoms with E-state index in [4.69, 9.17) is 0 Å². The van der Waals surface area contributed by atoms with E-state index in [0.29, 0.717) is 25.7 Å². The molecule has 0 radical (unpaired) electrons. The van der Waals surface area contributed by atoms with E-state index < -0.39 is 10.0 Å². The van der Waals surface area contributed by atoms with Gasteiger partial charge in [0.25, 0.3) is 0 Å². The second kappa shape index (κ2) is 8.47. The molecule has 21 heavy (non-hydrogen) atoms. The van der Waals surface area contributed by atoms with Crippen molar-refractivity contribution in [3.8, 4) is 0 Å². The molecule has 0 saturated heterocycles. The van der Waals surface area contributed by atoms with Crippen LogP contribution >= 0.6 is 0 Å². The molecule has 1 heterocycles. The van der Waals surface area contributed by atoms with Crippen LogP contribution in [0.5, 0.6) is 0 Å². The van der Waals surface area contributed by atoms with Gasteiger partial charge in [0, 0.05) is 31.9 Å². The van der Waals surface area contributed by atoms with Gasteiger partial charge < -0.3 is 10.2 Å². The lowest BCUT2D eigenvalue weighted by Gasteiger charge is -2.20. The minimum atomic E-state index is -3.47. The van der Waals surface area contributed by atoms with Crippen LogP contribution in [0.1, 0.15) is 20.8 Å². The molecule has 122 valence electrons. The molecule has 0 bridgehead atoms. The van der Waals surface area contributed by atoms with Crippen molar-refractivity contribution in [2.75, 3.05) is 33.2 Å². The third-order valence-corrected chi connectivity index (χ3v) is 4.74. The van der Waals surface area contributed by atoms with Gasteiger partial charge in [-0.3, -0.25) is 4.68 Å². The Bertz CT molecular complexity index is 512. The molecule has 0 spiro atoms. The molecule has 0 saturated carbocycles. The van der Waals surface area contributed by atoms with Crippen LogP contribution in [0.2, 0.25) is 0 Å². The smallest absolute Gasteiger partial charge is 0.243 e. The van der Waals surface area contributed by atoms with Gasteiger partial charge in [0.05, 0.1) is 12.7 Å². The van der Waals surface area contributed by atoms with Gasteiger partial charge in [0.1, 0.15) is 4.90 Å². The largest absolute Gasteiger partial charge is 0.315 e. The maximum atomic E-state index is 12.1. The predicted molar refractivity (Wildman–Crippen MR) is 83.7 cm³/mol. The molecule has 0 amide bonds. The molecular weight excluding hydrogens is 290 g/mol. The topological polar surface area (TPSA) is 79.3 Å². The Morgan fingerprint density at radius 3 is 2.71 bits per heavy atom. The van der Waals surface area contributed by atoms with E-state index >= 15 is 0 Å². The minimum absolute atomic E-state index is 0.214. The third-order valence-electron chi connectivity index (χ3n) is 3.33. The standard InChI is InChI=1S/C13H27N5O2S/c1-5-14-6-9-18-11-13(10-15-18)21(19,20)16-7-8-17(4)12(2)3/h10-12,14,16H,5-9H2,1-4H3. The highest BCUT2D eigenvalue weighted by atomic mass is 32.2. The highest BCUT2D eigenvalue weighted by Gasteiger charge is 2.16. The van der Waals surface area contributed by atoms with E-state index in [-0.39, 0.29) is 4.90 Å². The molecule has 0 aliphatic carbocycles. The molecule has 0 aromatic carbocycles. The summed E-state index contributed by atoms with van der Waals surface area (Å²) in [6, 6.07) is 0.392. The SMILES string of the molecule is CCNCCn1cc(S(=O)(=O)NCCN(C)C(C)C)cn1. The molecular formula is C13H27N5O2S. The number of likely N-dealkylation sites (N-methyl/N-ethyl adjacent to an activating group) is 2. The van der Waals surface area contributed by atoms with E-state index in [2.05, 4.69) is 33.9 Å². The summed E-state index contributed by atoms with van der Waals surface area (Å²) < 4.78 is 28.5. The molecule has 1 rings (SSSR count). The maximum absolute atomic E-state index is 12.1. The van der Waals surface area contributed by atoms with Crippen LogP contribution in [0.15, 0.2) is 17.3 Å². The number of sulfonamides is 1. The predicted octanol–water partition coefficient (Wildman–Crippen LogP) is 0.111. The van der Waals surface area contributed by atoms with Gasteiger partial charge in [0.2, 0.25) is 10.0 Å². The van der Waals surface area contributed by atoms with E-state index in [9.17, 15) is 8.42 Å². The summed E-state index contributed by atoms with van der Waals surface area (Å²) in [6.45, 7) is 9.54. The average molecular weight is 317 g/mol. The summed E-state index contributed by atoms with van der Waals surface area (Å²) in [7, 11) is -1.50. The van der Waals surface area contributed by atoms with Crippen LogP contribution in [0.25, 0.3) is 0 Å². The number of nitrogens with zero attached hydrogens (tertiary/aromatic N) is 3. The molecule has 0 aliphatic heterocycles. The van der Waals surface area contributed by atoms with Crippen LogP contribution in [-0.4, -0.2) is 62.4 Å². The number of rotatable bonds is 10. The third kappa shape index (κ3) is 6.13. The number of aromatic nitrogens is 2. The van der Waals surface area contributed by atoms with Crippen molar-refractivity contribution in [1.29, 1.82) is 0 Å². The molecule has 0 atom stereocenters. The molecule has 0 unspecified atom stereocenters. The summed E-state index contributed by atoms with van der Waals surface area (Å²) in [4.78, 5) is 2.30. The summed E-state index contributed by atoms with van der Waals surface area (Å²) in [6.07, 6.45) is 2.95. The number of hydrogen-bond acceptors (Lipinski definition) is 5. The quantitative estimate of drug-likeness (QED) is 0.599. The maximum Gasteiger partial charge on any atom is 0.243 e. The molecule has 7 nitrogen and oxygen atoms in total. The Labute approximate surface area is 127 Å².